The SMILES string of the molecule is CCOc1ccc(Nc2ccc3nc(C)sc3c2)cc1. The van der Waals surface area contributed by atoms with Gasteiger partial charge in [-0.15, -0.1) is 11.3 Å². The first-order chi connectivity index (χ1) is 9.74. The van der Waals surface area contributed by atoms with Gasteiger partial charge in [-0.25, -0.2) is 4.98 Å². The molecule has 0 radical (unpaired) electrons. The quantitative estimate of drug-likeness (QED) is 0.751. The van der Waals surface area contributed by atoms with E-state index in [4.69, 9.17) is 4.74 Å². The molecule has 0 aliphatic heterocycles. The highest BCUT2D eigenvalue weighted by atomic mass is 32.1. The Bertz CT molecular complexity index is 719. The van der Waals surface area contributed by atoms with Gasteiger partial charge in [0.2, 0.25) is 0 Å². The number of fused-ring (bicyclic) bond motifs is 1. The number of thiazole rings is 1. The Hall–Kier alpha value is -2.07. The lowest BCUT2D eigenvalue weighted by Crippen LogP contribution is -1.92. The second-order valence-electron chi connectivity index (χ2n) is 4.50. The summed E-state index contributed by atoms with van der Waals surface area (Å²) < 4.78 is 6.64. The summed E-state index contributed by atoms with van der Waals surface area (Å²) >= 11 is 1.71. The summed E-state index contributed by atoms with van der Waals surface area (Å²) in [5.74, 6) is 0.895. The fraction of sp³-hybridized carbons (Fsp3) is 0.188. The average Bonchev–Trinajstić information content (AvgIpc) is 2.81. The van der Waals surface area contributed by atoms with E-state index in [1.807, 2.05) is 38.1 Å². The summed E-state index contributed by atoms with van der Waals surface area (Å²) in [5, 5.41) is 4.49. The van der Waals surface area contributed by atoms with Crippen LogP contribution in [0, 0.1) is 6.92 Å². The van der Waals surface area contributed by atoms with Crippen molar-refractivity contribution in [3.63, 3.8) is 0 Å². The van der Waals surface area contributed by atoms with E-state index < -0.39 is 0 Å². The normalized spacial score (nSPS) is 10.7. The average molecular weight is 284 g/mol. The standard InChI is InChI=1S/C16H16N2OS/c1-3-19-14-7-4-12(5-8-14)18-13-6-9-15-16(10-13)20-11(2)17-15/h4-10,18H,3H2,1-2H3. The maximum Gasteiger partial charge on any atom is 0.119 e. The van der Waals surface area contributed by atoms with Crippen molar-refractivity contribution in [2.45, 2.75) is 13.8 Å². The van der Waals surface area contributed by atoms with E-state index in [0.29, 0.717) is 6.61 Å². The Morgan fingerprint density at radius 1 is 1.10 bits per heavy atom. The number of rotatable bonds is 4. The smallest absolute Gasteiger partial charge is 0.119 e. The fourth-order valence-corrected chi connectivity index (χ4v) is 2.95. The monoisotopic (exact) mass is 284 g/mol. The van der Waals surface area contributed by atoms with Gasteiger partial charge in [0, 0.05) is 11.4 Å². The summed E-state index contributed by atoms with van der Waals surface area (Å²) in [5.41, 5.74) is 3.18. The Labute approximate surface area is 122 Å². The van der Waals surface area contributed by atoms with Crippen LogP contribution in [0.3, 0.4) is 0 Å². The molecule has 0 saturated carbocycles. The van der Waals surface area contributed by atoms with E-state index in [9.17, 15) is 0 Å². The molecule has 3 nitrogen and oxygen atoms in total. The van der Waals surface area contributed by atoms with Crippen molar-refractivity contribution in [3.05, 3.63) is 47.5 Å². The first-order valence-corrected chi connectivity index (χ1v) is 7.43. The predicted octanol–water partition coefficient (Wildman–Crippen LogP) is 4.75. The number of hydrogen-bond donors (Lipinski definition) is 1. The van der Waals surface area contributed by atoms with Crippen LogP contribution in [-0.4, -0.2) is 11.6 Å². The van der Waals surface area contributed by atoms with Crippen molar-refractivity contribution >= 4 is 32.9 Å². The van der Waals surface area contributed by atoms with Crippen LogP contribution in [-0.2, 0) is 0 Å². The van der Waals surface area contributed by atoms with Gasteiger partial charge in [-0.1, -0.05) is 0 Å². The molecule has 1 N–H and O–H groups in total. The molecule has 0 bridgehead atoms. The Morgan fingerprint density at radius 2 is 1.85 bits per heavy atom. The van der Waals surface area contributed by atoms with Gasteiger partial charge in [0.25, 0.3) is 0 Å². The van der Waals surface area contributed by atoms with Crippen molar-refractivity contribution in [3.8, 4) is 5.75 Å². The van der Waals surface area contributed by atoms with Crippen LogP contribution in [0.4, 0.5) is 11.4 Å². The Balaban J connectivity index is 1.81. The molecule has 1 aromatic heterocycles. The van der Waals surface area contributed by atoms with Crippen molar-refractivity contribution < 1.29 is 4.74 Å². The van der Waals surface area contributed by atoms with Crippen molar-refractivity contribution in [1.29, 1.82) is 0 Å². The molecule has 0 unspecified atom stereocenters. The molecule has 20 heavy (non-hydrogen) atoms. The number of aryl methyl sites for hydroxylation is 1. The zero-order valence-corrected chi connectivity index (χ0v) is 12.3. The van der Waals surface area contributed by atoms with Crippen LogP contribution >= 0.6 is 11.3 Å². The minimum absolute atomic E-state index is 0.689. The molecule has 0 aliphatic rings. The molecule has 0 spiro atoms. The lowest BCUT2D eigenvalue weighted by atomic mass is 10.2. The molecular weight excluding hydrogens is 268 g/mol. The molecule has 4 heteroatoms. The van der Waals surface area contributed by atoms with Gasteiger partial charge in [0.05, 0.1) is 21.8 Å². The van der Waals surface area contributed by atoms with Gasteiger partial charge in [0.1, 0.15) is 5.75 Å². The van der Waals surface area contributed by atoms with E-state index in [-0.39, 0.29) is 0 Å². The maximum absolute atomic E-state index is 5.44. The number of benzene rings is 2. The number of hydrogen-bond acceptors (Lipinski definition) is 4. The third-order valence-electron chi connectivity index (χ3n) is 2.95. The largest absolute Gasteiger partial charge is 0.494 e. The van der Waals surface area contributed by atoms with Crippen molar-refractivity contribution in [2.75, 3.05) is 11.9 Å². The highest BCUT2D eigenvalue weighted by molar-refractivity contribution is 7.18. The fourth-order valence-electron chi connectivity index (χ4n) is 2.09. The molecule has 3 aromatic rings. The van der Waals surface area contributed by atoms with Crippen LogP contribution in [0.1, 0.15) is 11.9 Å². The highest BCUT2D eigenvalue weighted by Gasteiger charge is 2.02. The summed E-state index contributed by atoms with van der Waals surface area (Å²) in [7, 11) is 0. The van der Waals surface area contributed by atoms with Crippen LogP contribution in [0.15, 0.2) is 42.5 Å². The first kappa shape index (κ1) is 12.9. The molecule has 102 valence electrons. The first-order valence-electron chi connectivity index (χ1n) is 6.61. The minimum Gasteiger partial charge on any atom is -0.494 e. The van der Waals surface area contributed by atoms with E-state index >= 15 is 0 Å². The number of aromatic nitrogens is 1. The molecule has 2 aromatic carbocycles. The second-order valence-corrected chi connectivity index (χ2v) is 5.73. The zero-order chi connectivity index (χ0) is 13.9. The van der Waals surface area contributed by atoms with E-state index in [2.05, 4.69) is 28.5 Å². The van der Waals surface area contributed by atoms with E-state index in [1.54, 1.807) is 11.3 Å². The van der Waals surface area contributed by atoms with E-state index in [0.717, 1.165) is 27.6 Å². The number of nitrogens with zero attached hydrogens (tertiary/aromatic N) is 1. The zero-order valence-electron chi connectivity index (χ0n) is 11.5. The van der Waals surface area contributed by atoms with Gasteiger partial charge in [-0.2, -0.15) is 0 Å². The Kier molecular flexibility index (Phi) is 3.56. The molecule has 1 heterocycles. The lowest BCUT2D eigenvalue weighted by molar-refractivity contribution is 0.340. The van der Waals surface area contributed by atoms with Gasteiger partial charge in [-0.05, 0) is 56.3 Å². The lowest BCUT2D eigenvalue weighted by Gasteiger charge is -2.08. The molecule has 0 aliphatic carbocycles. The summed E-state index contributed by atoms with van der Waals surface area (Å²) in [6.07, 6.45) is 0. The molecule has 3 rings (SSSR count). The van der Waals surface area contributed by atoms with Crippen LogP contribution in [0.2, 0.25) is 0 Å². The molecule has 0 saturated heterocycles. The van der Waals surface area contributed by atoms with Gasteiger partial charge < -0.3 is 10.1 Å². The molecular formula is C16H16N2OS. The Morgan fingerprint density at radius 3 is 2.60 bits per heavy atom. The summed E-state index contributed by atoms with van der Waals surface area (Å²) in [4.78, 5) is 4.47. The topological polar surface area (TPSA) is 34.1 Å². The number of nitrogens with one attached hydrogen (secondary N) is 1. The molecule has 0 fully saturated rings. The number of anilines is 2. The van der Waals surface area contributed by atoms with Gasteiger partial charge in [0.15, 0.2) is 0 Å². The van der Waals surface area contributed by atoms with Crippen molar-refractivity contribution in [1.82, 2.24) is 4.98 Å². The summed E-state index contributed by atoms with van der Waals surface area (Å²) in [6, 6.07) is 14.2. The molecule has 0 atom stereocenters. The third-order valence-corrected chi connectivity index (χ3v) is 3.88. The molecule has 0 amide bonds. The van der Waals surface area contributed by atoms with E-state index in [1.165, 1.54) is 4.70 Å². The van der Waals surface area contributed by atoms with Crippen LogP contribution in [0.5, 0.6) is 5.75 Å². The highest BCUT2D eigenvalue weighted by Crippen LogP contribution is 2.27. The maximum atomic E-state index is 5.44. The third kappa shape index (κ3) is 2.75. The van der Waals surface area contributed by atoms with Gasteiger partial charge >= 0.3 is 0 Å². The summed E-state index contributed by atoms with van der Waals surface area (Å²) in [6.45, 7) is 4.71. The van der Waals surface area contributed by atoms with Gasteiger partial charge in [-0.3, -0.25) is 0 Å². The number of ether oxygens (including phenoxy) is 1. The van der Waals surface area contributed by atoms with Crippen LogP contribution < -0.4 is 10.1 Å². The second kappa shape index (κ2) is 5.51. The van der Waals surface area contributed by atoms with Crippen LogP contribution in [0.25, 0.3) is 10.2 Å². The minimum atomic E-state index is 0.689. The van der Waals surface area contributed by atoms with Crippen molar-refractivity contribution in [2.24, 2.45) is 0 Å². The predicted molar refractivity (Wildman–Crippen MR) is 85.3 cm³/mol.